The van der Waals surface area contributed by atoms with E-state index in [1.807, 2.05) is 29.0 Å². The molecule has 0 aliphatic rings. The van der Waals surface area contributed by atoms with Crippen molar-refractivity contribution in [3.63, 3.8) is 0 Å². The van der Waals surface area contributed by atoms with Gasteiger partial charge in [-0.1, -0.05) is 17.4 Å². The maximum Gasteiger partial charge on any atom is 0.416 e. The molecule has 0 bridgehead atoms. The number of methoxy groups -OCH3 is 1. The second-order valence-corrected chi connectivity index (χ2v) is 7.85. The largest absolute Gasteiger partial charge is 0.497 e. The van der Waals surface area contributed by atoms with Crippen LogP contribution in [0.2, 0.25) is 0 Å². The lowest BCUT2D eigenvalue weighted by Gasteiger charge is -2.07. The summed E-state index contributed by atoms with van der Waals surface area (Å²) >= 11 is 2.95. The van der Waals surface area contributed by atoms with Gasteiger partial charge in [0, 0.05) is 17.9 Å². The minimum atomic E-state index is -4.51. The average Bonchev–Trinajstić information content (AvgIpc) is 3.01. The molecule has 3 rings (SSSR count). The number of rotatable bonds is 5. The Kier molecular flexibility index (Phi) is 6.14. The van der Waals surface area contributed by atoms with E-state index in [1.165, 1.54) is 23.5 Å². The van der Waals surface area contributed by atoms with Crippen molar-refractivity contribution >= 4 is 39.2 Å². The van der Waals surface area contributed by atoms with Crippen molar-refractivity contribution in [2.75, 3.05) is 19.1 Å². The first kappa shape index (κ1) is 20.5. The Balaban J connectivity index is 2.08. The summed E-state index contributed by atoms with van der Waals surface area (Å²) in [6.45, 7) is 0.627. The van der Waals surface area contributed by atoms with Gasteiger partial charge in [-0.05, 0) is 42.7 Å². The Morgan fingerprint density at radius 1 is 1.25 bits per heavy atom. The lowest BCUT2D eigenvalue weighted by Crippen LogP contribution is -2.18. The Morgan fingerprint density at radius 3 is 2.71 bits per heavy atom. The zero-order valence-electron chi connectivity index (χ0n) is 15.1. The van der Waals surface area contributed by atoms with Crippen molar-refractivity contribution in [1.82, 2.24) is 4.57 Å². The van der Waals surface area contributed by atoms with Crippen LogP contribution < -0.4 is 9.54 Å². The van der Waals surface area contributed by atoms with Crippen LogP contribution in [-0.2, 0) is 12.7 Å². The molecule has 148 valence electrons. The summed E-state index contributed by atoms with van der Waals surface area (Å²) in [6.07, 6.45) is -2.54. The van der Waals surface area contributed by atoms with Crippen LogP contribution in [0.15, 0.2) is 47.5 Å². The number of thioether (sulfide) groups is 1. The molecule has 0 saturated carbocycles. The Morgan fingerprint density at radius 2 is 2.04 bits per heavy atom. The van der Waals surface area contributed by atoms with Crippen molar-refractivity contribution < 1.29 is 22.7 Å². The highest BCUT2D eigenvalue weighted by atomic mass is 32.2. The summed E-state index contributed by atoms with van der Waals surface area (Å²) in [5.74, 6) is 0.784. The summed E-state index contributed by atoms with van der Waals surface area (Å²) in [7, 11) is 1.57. The Labute approximate surface area is 167 Å². The molecular weight excluding hydrogens is 409 g/mol. The van der Waals surface area contributed by atoms with Crippen LogP contribution in [0.4, 0.5) is 13.2 Å². The molecule has 0 radical (unpaired) electrons. The standard InChI is InChI=1S/C19H17F3N2O2S2/c1-26-14-6-7-15-16(11-14)28-18(24(15)8-9-27-2)23-17(25)12-4-3-5-13(10-12)19(20,21)22/h3-7,10-11H,8-9H2,1-2H3. The highest BCUT2D eigenvalue weighted by molar-refractivity contribution is 7.98. The zero-order valence-corrected chi connectivity index (χ0v) is 16.7. The maximum absolute atomic E-state index is 12.9. The summed E-state index contributed by atoms with van der Waals surface area (Å²) in [6, 6.07) is 9.87. The second-order valence-electron chi connectivity index (χ2n) is 5.86. The molecule has 9 heteroatoms. The highest BCUT2D eigenvalue weighted by Crippen LogP contribution is 2.29. The lowest BCUT2D eigenvalue weighted by atomic mass is 10.1. The molecule has 1 heterocycles. The molecule has 1 aromatic heterocycles. The number of amides is 1. The van der Waals surface area contributed by atoms with E-state index in [9.17, 15) is 18.0 Å². The number of aryl methyl sites for hydroxylation is 1. The number of ether oxygens (including phenoxy) is 1. The minimum absolute atomic E-state index is 0.0960. The fourth-order valence-electron chi connectivity index (χ4n) is 2.64. The van der Waals surface area contributed by atoms with Crippen molar-refractivity contribution in [3.8, 4) is 5.75 Å². The molecule has 0 unspecified atom stereocenters. The number of carbonyl (C=O) groups is 1. The van der Waals surface area contributed by atoms with Gasteiger partial charge < -0.3 is 9.30 Å². The topological polar surface area (TPSA) is 43.6 Å². The van der Waals surface area contributed by atoms with Crippen LogP contribution in [-0.4, -0.2) is 29.6 Å². The molecule has 0 atom stereocenters. The summed E-state index contributed by atoms with van der Waals surface area (Å²) in [5.41, 5.74) is -0.0680. The molecule has 0 aliphatic heterocycles. The molecular formula is C19H17F3N2O2S2. The molecule has 0 N–H and O–H groups in total. The van der Waals surface area contributed by atoms with E-state index in [1.54, 1.807) is 18.9 Å². The number of halogens is 3. The molecule has 0 fully saturated rings. The minimum Gasteiger partial charge on any atom is -0.497 e. The van der Waals surface area contributed by atoms with Crippen LogP contribution >= 0.6 is 23.1 Å². The normalized spacial score (nSPS) is 12.5. The molecule has 0 aliphatic carbocycles. The van der Waals surface area contributed by atoms with Gasteiger partial charge in [0.25, 0.3) is 5.91 Å². The van der Waals surface area contributed by atoms with Gasteiger partial charge >= 0.3 is 6.18 Å². The average molecular weight is 426 g/mol. The number of aromatic nitrogens is 1. The summed E-state index contributed by atoms with van der Waals surface area (Å²) < 4.78 is 46.8. The maximum atomic E-state index is 12.9. The van der Waals surface area contributed by atoms with E-state index < -0.39 is 17.6 Å². The van der Waals surface area contributed by atoms with E-state index >= 15 is 0 Å². The van der Waals surface area contributed by atoms with E-state index in [-0.39, 0.29) is 5.56 Å². The predicted molar refractivity (Wildman–Crippen MR) is 106 cm³/mol. The molecule has 4 nitrogen and oxygen atoms in total. The quantitative estimate of drug-likeness (QED) is 0.587. The fourth-order valence-corrected chi connectivity index (χ4v) is 4.09. The molecule has 0 saturated heterocycles. The summed E-state index contributed by atoms with van der Waals surface area (Å²) in [4.78, 5) is 17.1. The second kappa shape index (κ2) is 8.40. The first-order valence-electron chi connectivity index (χ1n) is 8.26. The number of hydrogen-bond acceptors (Lipinski definition) is 4. The van der Waals surface area contributed by atoms with Crippen molar-refractivity contribution in [1.29, 1.82) is 0 Å². The number of nitrogens with zero attached hydrogens (tertiary/aromatic N) is 2. The van der Waals surface area contributed by atoms with Crippen LogP contribution in [0.5, 0.6) is 5.75 Å². The third kappa shape index (κ3) is 4.41. The van der Waals surface area contributed by atoms with E-state index in [0.717, 1.165) is 28.1 Å². The van der Waals surface area contributed by atoms with Gasteiger partial charge in [-0.3, -0.25) is 4.79 Å². The smallest absolute Gasteiger partial charge is 0.416 e. The molecule has 3 aromatic rings. The molecule has 2 aromatic carbocycles. The van der Waals surface area contributed by atoms with Gasteiger partial charge in [0.1, 0.15) is 5.75 Å². The zero-order chi connectivity index (χ0) is 20.3. The van der Waals surface area contributed by atoms with Crippen LogP contribution in [0.25, 0.3) is 10.2 Å². The fraction of sp³-hybridized carbons (Fsp3) is 0.263. The van der Waals surface area contributed by atoms with Crippen molar-refractivity contribution in [3.05, 3.63) is 58.4 Å². The van der Waals surface area contributed by atoms with Gasteiger partial charge in [0.15, 0.2) is 4.80 Å². The lowest BCUT2D eigenvalue weighted by molar-refractivity contribution is -0.137. The van der Waals surface area contributed by atoms with Gasteiger partial charge in [0.05, 0.1) is 22.9 Å². The monoisotopic (exact) mass is 426 g/mol. The number of thiazole rings is 1. The van der Waals surface area contributed by atoms with Crippen LogP contribution in [0.3, 0.4) is 0 Å². The van der Waals surface area contributed by atoms with Crippen molar-refractivity contribution in [2.24, 2.45) is 4.99 Å². The number of benzene rings is 2. The molecule has 1 amide bonds. The number of carbonyl (C=O) groups excluding carboxylic acids is 1. The first-order chi connectivity index (χ1) is 13.3. The van der Waals surface area contributed by atoms with Gasteiger partial charge in [-0.2, -0.15) is 29.9 Å². The van der Waals surface area contributed by atoms with Crippen LogP contribution in [0, 0.1) is 0 Å². The van der Waals surface area contributed by atoms with Gasteiger partial charge in [0.2, 0.25) is 0 Å². The Bertz CT molecular complexity index is 1070. The number of fused-ring (bicyclic) bond motifs is 1. The van der Waals surface area contributed by atoms with Gasteiger partial charge in [-0.15, -0.1) is 0 Å². The summed E-state index contributed by atoms with van der Waals surface area (Å²) in [5, 5.41) is 0. The number of alkyl halides is 3. The Hall–Kier alpha value is -2.26. The number of hydrogen-bond donors (Lipinski definition) is 0. The third-order valence-corrected chi connectivity index (χ3v) is 5.67. The van der Waals surface area contributed by atoms with Crippen LogP contribution in [0.1, 0.15) is 15.9 Å². The predicted octanol–water partition coefficient (Wildman–Crippen LogP) is 4.83. The SMILES string of the molecule is COc1ccc2c(c1)sc(=NC(=O)c1cccc(C(F)(F)F)c1)n2CCSC. The van der Waals surface area contributed by atoms with E-state index in [0.29, 0.717) is 17.1 Å². The van der Waals surface area contributed by atoms with Gasteiger partial charge in [-0.25, -0.2) is 0 Å². The third-order valence-electron chi connectivity index (χ3n) is 4.04. The first-order valence-corrected chi connectivity index (χ1v) is 10.5. The highest BCUT2D eigenvalue weighted by Gasteiger charge is 2.30. The molecule has 28 heavy (non-hydrogen) atoms. The van der Waals surface area contributed by atoms with Crippen molar-refractivity contribution in [2.45, 2.75) is 12.7 Å². The van der Waals surface area contributed by atoms with E-state index in [2.05, 4.69) is 4.99 Å². The molecule has 0 spiro atoms. The van der Waals surface area contributed by atoms with E-state index in [4.69, 9.17) is 4.74 Å².